The van der Waals surface area contributed by atoms with Gasteiger partial charge in [0.05, 0.1) is 11.4 Å². The summed E-state index contributed by atoms with van der Waals surface area (Å²) >= 11 is 0. The zero-order valence-corrected chi connectivity index (χ0v) is 11.8. The van der Waals surface area contributed by atoms with Crippen LogP contribution in [0, 0.1) is 6.92 Å². The second kappa shape index (κ2) is 4.89. The van der Waals surface area contributed by atoms with Gasteiger partial charge in [-0.3, -0.25) is 0 Å². The molecule has 0 atom stereocenters. The van der Waals surface area contributed by atoms with Crippen molar-refractivity contribution in [2.75, 3.05) is 17.7 Å². The second-order valence-corrected chi connectivity index (χ2v) is 5.10. The number of nitrogen functional groups attached to an aromatic ring is 1. The average molecular weight is 262 g/mol. The minimum Gasteiger partial charge on any atom is -0.397 e. The highest BCUT2D eigenvalue weighted by atomic mass is 15.1. The van der Waals surface area contributed by atoms with Crippen LogP contribution in [0.3, 0.4) is 0 Å². The number of hydrogen-bond donors (Lipinski definition) is 1. The van der Waals surface area contributed by atoms with Gasteiger partial charge >= 0.3 is 0 Å². The molecule has 20 heavy (non-hydrogen) atoms. The van der Waals surface area contributed by atoms with E-state index in [1.54, 1.807) is 0 Å². The monoisotopic (exact) mass is 262 g/mol. The number of anilines is 3. The van der Waals surface area contributed by atoms with Crippen molar-refractivity contribution in [3.05, 3.63) is 66.2 Å². The van der Waals surface area contributed by atoms with E-state index in [1.807, 2.05) is 12.1 Å². The zero-order chi connectivity index (χ0) is 14.1. The lowest BCUT2D eigenvalue weighted by atomic mass is 10.1. The van der Waals surface area contributed by atoms with E-state index >= 15 is 0 Å². The fourth-order valence-electron chi connectivity index (χ4n) is 2.65. The summed E-state index contributed by atoms with van der Waals surface area (Å²) in [4.78, 5) is 2.15. The van der Waals surface area contributed by atoms with E-state index in [9.17, 15) is 0 Å². The standard InChI is InChI=1S/C18H18N2/c1-13-6-5-9-17(19)18(13)20(2)16-11-10-14-7-3-4-8-15(14)12-16/h3-12H,19H2,1-2H3. The molecule has 2 heteroatoms. The third-order valence-electron chi connectivity index (χ3n) is 3.72. The first kappa shape index (κ1) is 12.5. The Kier molecular flexibility index (Phi) is 3.07. The van der Waals surface area contributed by atoms with Crippen molar-refractivity contribution in [2.24, 2.45) is 0 Å². The van der Waals surface area contributed by atoms with Crippen LogP contribution in [0.5, 0.6) is 0 Å². The van der Waals surface area contributed by atoms with Crippen LogP contribution >= 0.6 is 0 Å². The van der Waals surface area contributed by atoms with E-state index in [2.05, 4.69) is 67.4 Å². The highest BCUT2D eigenvalue weighted by Gasteiger charge is 2.10. The summed E-state index contributed by atoms with van der Waals surface area (Å²) in [6.45, 7) is 2.09. The Morgan fingerprint density at radius 1 is 0.850 bits per heavy atom. The molecule has 0 spiro atoms. The van der Waals surface area contributed by atoms with E-state index in [-0.39, 0.29) is 0 Å². The zero-order valence-electron chi connectivity index (χ0n) is 11.8. The lowest BCUT2D eigenvalue weighted by Gasteiger charge is -2.23. The number of fused-ring (bicyclic) bond motifs is 1. The van der Waals surface area contributed by atoms with Crippen molar-refractivity contribution in [1.29, 1.82) is 0 Å². The fourth-order valence-corrected chi connectivity index (χ4v) is 2.65. The summed E-state index contributed by atoms with van der Waals surface area (Å²) in [5, 5.41) is 2.49. The van der Waals surface area contributed by atoms with Crippen LogP contribution in [-0.4, -0.2) is 7.05 Å². The number of benzene rings is 3. The molecule has 0 radical (unpaired) electrons. The summed E-state index contributed by atoms with van der Waals surface area (Å²) < 4.78 is 0. The van der Waals surface area contributed by atoms with Crippen LogP contribution in [0.4, 0.5) is 17.1 Å². The molecule has 0 aromatic heterocycles. The average Bonchev–Trinajstić information content (AvgIpc) is 2.46. The van der Waals surface area contributed by atoms with E-state index in [0.717, 1.165) is 17.1 Å². The molecule has 0 unspecified atom stereocenters. The number of nitrogens with zero attached hydrogens (tertiary/aromatic N) is 1. The van der Waals surface area contributed by atoms with E-state index < -0.39 is 0 Å². The van der Waals surface area contributed by atoms with Crippen LogP contribution in [0.15, 0.2) is 60.7 Å². The highest BCUT2D eigenvalue weighted by Crippen LogP contribution is 2.33. The molecule has 0 bridgehead atoms. The summed E-state index contributed by atoms with van der Waals surface area (Å²) in [5.41, 5.74) is 10.3. The van der Waals surface area contributed by atoms with Gasteiger partial charge in [-0.15, -0.1) is 0 Å². The van der Waals surface area contributed by atoms with Gasteiger partial charge in [-0.25, -0.2) is 0 Å². The van der Waals surface area contributed by atoms with Crippen molar-refractivity contribution in [3.63, 3.8) is 0 Å². The minimum atomic E-state index is 0.806. The number of hydrogen-bond acceptors (Lipinski definition) is 2. The molecule has 3 aromatic rings. The molecule has 3 aromatic carbocycles. The van der Waals surface area contributed by atoms with Gasteiger partial charge in [0.1, 0.15) is 0 Å². The summed E-state index contributed by atoms with van der Waals surface area (Å²) in [6, 6.07) is 20.9. The number of aryl methyl sites for hydroxylation is 1. The first-order chi connectivity index (χ1) is 9.66. The molecule has 2 N–H and O–H groups in total. The van der Waals surface area contributed by atoms with Gasteiger partial charge in [0.2, 0.25) is 0 Å². The van der Waals surface area contributed by atoms with Crippen molar-refractivity contribution in [1.82, 2.24) is 0 Å². The van der Waals surface area contributed by atoms with Gasteiger partial charge in [-0.1, -0.05) is 42.5 Å². The van der Waals surface area contributed by atoms with Gasteiger partial charge in [0.15, 0.2) is 0 Å². The van der Waals surface area contributed by atoms with Gasteiger partial charge < -0.3 is 10.6 Å². The first-order valence-corrected chi connectivity index (χ1v) is 6.74. The summed E-state index contributed by atoms with van der Waals surface area (Å²) in [7, 11) is 2.06. The molecule has 0 fully saturated rings. The normalized spacial score (nSPS) is 10.7. The van der Waals surface area contributed by atoms with Gasteiger partial charge in [0, 0.05) is 12.7 Å². The topological polar surface area (TPSA) is 29.3 Å². The molecule has 0 heterocycles. The van der Waals surface area contributed by atoms with Crippen LogP contribution in [0.1, 0.15) is 5.56 Å². The highest BCUT2D eigenvalue weighted by molar-refractivity contribution is 5.88. The quantitative estimate of drug-likeness (QED) is 0.689. The molecular weight excluding hydrogens is 244 g/mol. The van der Waals surface area contributed by atoms with Crippen LogP contribution < -0.4 is 10.6 Å². The SMILES string of the molecule is Cc1cccc(N)c1N(C)c1ccc2ccccc2c1. The Balaban J connectivity index is 2.10. The maximum absolute atomic E-state index is 6.13. The van der Waals surface area contributed by atoms with Crippen molar-refractivity contribution < 1.29 is 0 Å². The van der Waals surface area contributed by atoms with Crippen molar-refractivity contribution >= 4 is 27.8 Å². The molecular formula is C18H18N2. The Hall–Kier alpha value is -2.48. The Labute approximate surface area is 119 Å². The second-order valence-electron chi connectivity index (χ2n) is 5.10. The molecule has 0 aliphatic heterocycles. The smallest absolute Gasteiger partial charge is 0.0671 e. The predicted molar refractivity (Wildman–Crippen MR) is 87.6 cm³/mol. The van der Waals surface area contributed by atoms with Gasteiger partial charge in [-0.05, 0) is 41.5 Å². The van der Waals surface area contributed by atoms with Crippen molar-refractivity contribution in [2.45, 2.75) is 6.92 Å². The van der Waals surface area contributed by atoms with Gasteiger partial charge in [-0.2, -0.15) is 0 Å². The molecule has 0 aliphatic carbocycles. The largest absolute Gasteiger partial charge is 0.397 e. The lowest BCUT2D eigenvalue weighted by Crippen LogP contribution is -2.13. The summed E-state index contributed by atoms with van der Waals surface area (Å²) in [6.07, 6.45) is 0. The van der Waals surface area contributed by atoms with Crippen LogP contribution in [-0.2, 0) is 0 Å². The third-order valence-corrected chi connectivity index (χ3v) is 3.72. The van der Waals surface area contributed by atoms with Crippen LogP contribution in [0.25, 0.3) is 10.8 Å². The maximum atomic E-state index is 6.13. The molecule has 0 aliphatic rings. The molecule has 2 nitrogen and oxygen atoms in total. The van der Waals surface area contributed by atoms with E-state index in [1.165, 1.54) is 16.3 Å². The first-order valence-electron chi connectivity index (χ1n) is 6.74. The molecule has 0 saturated heterocycles. The Morgan fingerprint density at radius 2 is 1.60 bits per heavy atom. The van der Waals surface area contributed by atoms with E-state index in [4.69, 9.17) is 5.73 Å². The predicted octanol–water partition coefficient (Wildman–Crippen LogP) is 4.50. The minimum absolute atomic E-state index is 0.806. The maximum Gasteiger partial charge on any atom is 0.0671 e. The molecule has 100 valence electrons. The van der Waals surface area contributed by atoms with Crippen LogP contribution in [0.2, 0.25) is 0 Å². The lowest BCUT2D eigenvalue weighted by molar-refractivity contribution is 1.19. The Morgan fingerprint density at radius 3 is 2.35 bits per heavy atom. The molecule has 3 rings (SSSR count). The Bertz CT molecular complexity index is 742. The van der Waals surface area contributed by atoms with Crippen molar-refractivity contribution in [3.8, 4) is 0 Å². The third kappa shape index (κ3) is 2.10. The number of rotatable bonds is 2. The number of para-hydroxylation sites is 1. The van der Waals surface area contributed by atoms with E-state index in [0.29, 0.717) is 0 Å². The molecule has 0 saturated carbocycles. The van der Waals surface area contributed by atoms with Gasteiger partial charge in [0.25, 0.3) is 0 Å². The molecule has 0 amide bonds. The number of nitrogens with two attached hydrogens (primary N) is 1. The fraction of sp³-hybridized carbons (Fsp3) is 0.111. The summed E-state index contributed by atoms with van der Waals surface area (Å²) in [5.74, 6) is 0.